The van der Waals surface area contributed by atoms with Crippen molar-refractivity contribution in [3.63, 3.8) is 0 Å². The lowest BCUT2D eigenvalue weighted by Gasteiger charge is -2.31. The second-order valence-corrected chi connectivity index (χ2v) is 5.53. The Bertz CT molecular complexity index is 490. The highest BCUT2D eigenvalue weighted by Crippen LogP contribution is 2.30. The molecule has 1 saturated heterocycles. The first-order chi connectivity index (χ1) is 10.1. The average molecular weight is 295 g/mol. The molecule has 1 aromatic carbocycles. The Balaban J connectivity index is 2.22. The highest BCUT2D eigenvalue weighted by molar-refractivity contribution is 5.63. The number of anilines is 1. The molecule has 0 unspecified atom stereocenters. The lowest BCUT2D eigenvalue weighted by atomic mass is 9.97. The molecule has 0 bridgehead atoms. The fourth-order valence-corrected chi connectivity index (χ4v) is 2.87. The summed E-state index contributed by atoms with van der Waals surface area (Å²) in [6, 6.07) is 3.85. The first-order valence-corrected chi connectivity index (χ1v) is 7.51. The number of hydrogen-bond acceptors (Lipinski definition) is 4. The smallest absolute Gasteiger partial charge is 0.295 e. The number of benzene rings is 1. The number of piperidine rings is 1. The molecule has 0 saturated carbocycles. The third kappa shape index (κ3) is 4.14. The van der Waals surface area contributed by atoms with E-state index in [1.807, 2.05) is 11.8 Å². The summed E-state index contributed by atoms with van der Waals surface area (Å²) in [5, 5.41) is 14.5. The summed E-state index contributed by atoms with van der Waals surface area (Å²) < 4.78 is 13.3. The normalized spacial score (nSPS) is 15.9. The summed E-state index contributed by atoms with van der Waals surface area (Å²) in [6.07, 6.45) is 3.06. The van der Waals surface area contributed by atoms with Gasteiger partial charge in [-0.25, -0.2) is 4.39 Å². The Morgan fingerprint density at radius 1 is 1.43 bits per heavy atom. The van der Waals surface area contributed by atoms with Crippen LogP contribution < -0.4 is 10.2 Å². The molecule has 1 aliphatic heterocycles. The summed E-state index contributed by atoms with van der Waals surface area (Å²) in [5.74, 6) is -0.0359. The molecule has 0 aromatic heterocycles. The van der Waals surface area contributed by atoms with Crippen LogP contribution in [0.4, 0.5) is 15.8 Å². The van der Waals surface area contributed by atoms with Crippen molar-refractivity contribution in [3.05, 3.63) is 34.1 Å². The molecule has 6 heteroatoms. The molecular formula is C15H22FN3O2. The fraction of sp³-hybridized carbons (Fsp3) is 0.600. The monoisotopic (exact) mass is 295 g/mol. The quantitative estimate of drug-likeness (QED) is 0.647. The summed E-state index contributed by atoms with van der Waals surface area (Å²) in [4.78, 5) is 12.7. The molecule has 0 spiro atoms. The van der Waals surface area contributed by atoms with E-state index in [0.29, 0.717) is 11.6 Å². The first-order valence-electron chi connectivity index (χ1n) is 7.51. The van der Waals surface area contributed by atoms with E-state index in [9.17, 15) is 14.5 Å². The fourth-order valence-electron chi connectivity index (χ4n) is 2.87. The van der Waals surface area contributed by atoms with E-state index >= 15 is 0 Å². The molecule has 1 aliphatic rings. The molecular weight excluding hydrogens is 273 g/mol. The van der Waals surface area contributed by atoms with Crippen molar-refractivity contribution in [2.45, 2.75) is 26.2 Å². The maximum absolute atomic E-state index is 13.3. The Hall–Kier alpha value is -1.69. The Morgan fingerprint density at radius 3 is 2.76 bits per heavy atom. The zero-order valence-electron chi connectivity index (χ0n) is 12.3. The minimum absolute atomic E-state index is 0.141. The van der Waals surface area contributed by atoms with Crippen LogP contribution in [-0.4, -0.2) is 31.1 Å². The third-order valence-electron chi connectivity index (χ3n) is 3.91. The third-order valence-corrected chi connectivity index (χ3v) is 3.91. The summed E-state index contributed by atoms with van der Waals surface area (Å²) in [5.41, 5.74) is 0.388. The van der Waals surface area contributed by atoms with Gasteiger partial charge in [-0.1, -0.05) is 6.92 Å². The minimum Gasteiger partial charge on any atom is -0.366 e. The van der Waals surface area contributed by atoms with Crippen LogP contribution in [0.3, 0.4) is 0 Å². The van der Waals surface area contributed by atoms with Gasteiger partial charge in [-0.2, -0.15) is 0 Å². The summed E-state index contributed by atoms with van der Waals surface area (Å²) in [7, 11) is 0. The van der Waals surface area contributed by atoms with Gasteiger partial charge in [0.1, 0.15) is 11.5 Å². The molecule has 1 aromatic rings. The lowest BCUT2D eigenvalue weighted by molar-refractivity contribution is -0.384. The Kier molecular flexibility index (Phi) is 5.50. The van der Waals surface area contributed by atoms with Gasteiger partial charge in [0.25, 0.3) is 5.69 Å². The van der Waals surface area contributed by atoms with Crippen LogP contribution in [0, 0.1) is 21.8 Å². The molecule has 1 N–H and O–H groups in total. The molecule has 0 radical (unpaired) electrons. The van der Waals surface area contributed by atoms with Crippen LogP contribution in [0.25, 0.3) is 0 Å². The van der Waals surface area contributed by atoms with Crippen LogP contribution in [0.2, 0.25) is 0 Å². The predicted octanol–water partition coefficient (Wildman–Crippen LogP) is 2.95. The molecule has 116 valence electrons. The number of nitrogens with zero attached hydrogens (tertiary/aromatic N) is 2. The van der Waals surface area contributed by atoms with Crippen LogP contribution in [0.5, 0.6) is 0 Å². The second kappa shape index (κ2) is 7.36. The van der Waals surface area contributed by atoms with Crippen LogP contribution in [0.15, 0.2) is 18.2 Å². The van der Waals surface area contributed by atoms with Crippen molar-refractivity contribution < 1.29 is 9.31 Å². The van der Waals surface area contributed by atoms with Crippen molar-refractivity contribution in [2.24, 2.45) is 5.92 Å². The van der Waals surface area contributed by atoms with E-state index in [1.165, 1.54) is 12.1 Å². The van der Waals surface area contributed by atoms with Gasteiger partial charge in [-0.05, 0) is 50.4 Å². The van der Waals surface area contributed by atoms with Crippen LogP contribution in [0.1, 0.15) is 26.2 Å². The van der Waals surface area contributed by atoms with E-state index in [0.717, 1.165) is 51.5 Å². The van der Waals surface area contributed by atoms with Gasteiger partial charge in [-0.3, -0.25) is 10.1 Å². The van der Waals surface area contributed by atoms with Crippen molar-refractivity contribution in [3.8, 4) is 0 Å². The summed E-state index contributed by atoms with van der Waals surface area (Å²) in [6.45, 7) is 5.58. The van der Waals surface area contributed by atoms with Crippen molar-refractivity contribution in [1.82, 2.24) is 5.32 Å². The van der Waals surface area contributed by atoms with Crippen molar-refractivity contribution in [2.75, 3.05) is 31.1 Å². The maximum atomic E-state index is 13.3. The van der Waals surface area contributed by atoms with Crippen LogP contribution in [-0.2, 0) is 0 Å². The number of rotatable bonds is 6. The molecule has 21 heavy (non-hydrogen) atoms. The van der Waals surface area contributed by atoms with Gasteiger partial charge in [-0.15, -0.1) is 0 Å². The molecule has 0 aliphatic carbocycles. The van der Waals surface area contributed by atoms with E-state index in [2.05, 4.69) is 5.32 Å². The highest BCUT2D eigenvalue weighted by Gasteiger charge is 2.23. The SMILES string of the molecule is CCCN(CC1CCNCC1)c1ccc(F)cc1[N+](=O)[O-]. The molecule has 0 atom stereocenters. The number of nitrogens with one attached hydrogen (secondary N) is 1. The molecule has 5 nitrogen and oxygen atoms in total. The van der Waals surface area contributed by atoms with Gasteiger partial charge in [0.15, 0.2) is 0 Å². The number of nitro groups is 1. The highest BCUT2D eigenvalue weighted by atomic mass is 19.1. The molecule has 2 rings (SSSR count). The van der Waals surface area contributed by atoms with E-state index in [-0.39, 0.29) is 5.69 Å². The van der Waals surface area contributed by atoms with Crippen molar-refractivity contribution >= 4 is 11.4 Å². The van der Waals surface area contributed by atoms with Gasteiger partial charge in [0, 0.05) is 13.1 Å². The predicted molar refractivity (Wildman–Crippen MR) is 81.2 cm³/mol. The van der Waals surface area contributed by atoms with Gasteiger partial charge < -0.3 is 10.2 Å². The van der Waals surface area contributed by atoms with Gasteiger partial charge in [0.05, 0.1) is 11.0 Å². The second-order valence-electron chi connectivity index (χ2n) is 5.53. The number of nitro benzene ring substituents is 1. The molecule has 1 heterocycles. The minimum atomic E-state index is -0.566. The molecule has 0 amide bonds. The first kappa shape index (κ1) is 15.7. The van der Waals surface area contributed by atoms with E-state index < -0.39 is 10.7 Å². The standard InChI is InChI=1S/C15H22FN3O2/c1-2-9-18(11-12-5-7-17-8-6-12)14-4-3-13(16)10-15(14)19(20)21/h3-4,10,12,17H,2,5-9,11H2,1H3. The van der Waals surface area contributed by atoms with Crippen LogP contribution >= 0.6 is 0 Å². The van der Waals surface area contributed by atoms with E-state index in [4.69, 9.17) is 0 Å². The van der Waals surface area contributed by atoms with Gasteiger partial charge in [0.2, 0.25) is 0 Å². The number of halogens is 1. The largest absolute Gasteiger partial charge is 0.366 e. The zero-order valence-corrected chi connectivity index (χ0v) is 12.3. The molecule has 1 fully saturated rings. The topological polar surface area (TPSA) is 58.4 Å². The maximum Gasteiger partial charge on any atom is 0.295 e. The Morgan fingerprint density at radius 2 is 2.14 bits per heavy atom. The van der Waals surface area contributed by atoms with Gasteiger partial charge >= 0.3 is 0 Å². The average Bonchev–Trinajstić information content (AvgIpc) is 2.48. The summed E-state index contributed by atoms with van der Waals surface area (Å²) >= 11 is 0. The Labute approximate surface area is 124 Å². The van der Waals surface area contributed by atoms with E-state index in [1.54, 1.807) is 0 Å². The van der Waals surface area contributed by atoms with Crippen molar-refractivity contribution in [1.29, 1.82) is 0 Å². The zero-order chi connectivity index (χ0) is 15.2. The lowest BCUT2D eigenvalue weighted by Crippen LogP contribution is -2.36. The number of hydrogen-bond donors (Lipinski definition) is 1.